The number of amides is 2. The van der Waals surface area contributed by atoms with Crippen LogP contribution in [-0.2, 0) is 6.54 Å². The number of rotatable bonds is 4. The largest absolute Gasteiger partial charge is 0.338 e. The Bertz CT molecular complexity index is 491. The molecule has 1 rings (SSSR count). The molecule has 0 atom stereocenters. The van der Waals surface area contributed by atoms with Crippen LogP contribution < -0.4 is 16.4 Å². The van der Waals surface area contributed by atoms with Gasteiger partial charge in [0.05, 0.1) is 6.54 Å². The van der Waals surface area contributed by atoms with E-state index >= 15 is 0 Å². The number of hydrogen-bond acceptors (Lipinski definition) is 2. The van der Waals surface area contributed by atoms with E-state index in [4.69, 9.17) is 5.73 Å². The van der Waals surface area contributed by atoms with Crippen LogP contribution in [-0.4, -0.2) is 19.1 Å². The van der Waals surface area contributed by atoms with Crippen molar-refractivity contribution in [1.29, 1.82) is 0 Å². The molecule has 2 amide bonds. The normalized spacial score (nSPS) is 9.42. The van der Waals surface area contributed by atoms with Gasteiger partial charge in [-0.2, -0.15) is 0 Å². The van der Waals surface area contributed by atoms with E-state index in [-0.39, 0.29) is 24.9 Å². The highest BCUT2D eigenvalue weighted by Crippen LogP contribution is 2.09. The van der Waals surface area contributed by atoms with Crippen molar-refractivity contribution in [2.75, 3.05) is 13.1 Å². The average molecular weight is 263 g/mol. The predicted molar refractivity (Wildman–Crippen MR) is 72.9 cm³/mol. The molecule has 4 nitrogen and oxygen atoms in total. The molecule has 0 aliphatic carbocycles. The van der Waals surface area contributed by atoms with Crippen molar-refractivity contribution in [3.05, 3.63) is 35.1 Å². The Hall–Kier alpha value is -2.06. The molecule has 0 bridgehead atoms. The van der Waals surface area contributed by atoms with Crippen LogP contribution in [0, 0.1) is 17.7 Å². The molecule has 0 unspecified atom stereocenters. The zero-order chi connectivity index (χ0) is 14.1. The van der Waals surface area contributed by atoms with Crippen molar-refractivity contribution >= 4 is 6.03 Å². The second-order valence-electron chi connectivity index (χ2n) is 3.92. The maximum absolute atomic E-state index is 13.5. The fraction of sp³-hybridized carbons (Fsp3) is 0.357. The van der Waals surface area contributed by atoms with Gasteiger partial charge in [0.15, 0.2) is 0 Å². The van der Waals surface area contributed by atoms with E-state index in [1.165, 1.54) is 6.07 Å². The van der Waals surface area contributed by atoms with Crippen LogP contribution in [0.5, 0.6) is 0 Å². The summed E-state index contributed by atoms with van der Waals surface area (Å²) in [7, 11) is 0. The van der Waals surface area contributed by atoms with Gasteiger partial charge in [-0.25, -0.2) is 9.18 Å². The molecule has 0 radical (unpaired) electrons. The van der Waals surface area contributed by atoms with E-state index in [2.05, 4.69) is 22.5 Å². The third-order valence-corrected chi connectivity index (χ3v) is 2.36. The first kappa shape index (κ1) is 15.0. The van der Waals surface area contributed by atoms with Crippen molar-refractivity contribution in [2.45, 2.75) is 19.9 Å². The summed E-state index contributed by atoms with van der Waals surface area (Å²) in [6, 6.07) is 4.22. The Morgan fingerprint density at radius 1 is 1.42 bits per heavy atom. The molecule has 0 fully saturated rings. The van der Waals surface area contributed by atoms with Gasteiger partial charge in [0.2, 0.25) is 0 Å². The van der Waals surface area contributed by atoms with Gasteiger partial charge >= 0.3 is 6.03 Å². The molecule has 19 heavy (non-hydrogen) atoms. The van der Waals surface area contributed by atoms with E-state index in [0.29, 0.717) is 17.7 Å². The van der Waals surface area contributed by atoms with Gasteiger partial charge in [0.25, 0.3) is 0 Å². The molecule has 1 aromatic carbocycles. The zero-order valence-corrected chi connectivity index (χ0v) is 10.9. The molecule has 0 aromatic heterocycles. The topological polar surface area (TPSA) is 67.2 Å². The highest BCUT2D eigenvalue weighted by atomic mass is 19.1. The molecular formula is C14H18FN3O. The number of nitrogens with one attached hydrogen (secondary N) is 2. The summed E-state index contributed by atoms with van der Waals surface area (Å²) in [6.45, 7) is 2.93. The Kier molecular flexibility index (Phi) is 6.41. The summed E-state index contributed by atoms with van der Waals surface area (Å²) in [5.74, 6) is 5.16. The second kappa shape index (κ2) is 8.11. The highest BCUT2D eigenvalue weighted by molar-refractivity contribution is 5.73. The maximum atomic E-state index is 13.5. The van der Waals surface area contributed by atoms with E-state index in [1.54, 1.807) is 12.1 Å². The van der Waals surface area contributed by atoms with Gasteiger partial charge in [-0.05, 0) is 24.6 Å². The summed E-state index contributed by atoms with van der Waals surface area (Å²) in [5, 5.41) is 5.25. The van der Waals surface area contributed by atoms with Crippen molar-refractivity contribution in [3.63, 3.8) is 0 Å². The van der Waals surface area contributed by atoms with Crippen LogP contribution in [0.2, 0.25) is 0 Å². The molecule has 0 saturated carbocycles. The summed E-state index contributed by atoms with van der Waals surface area (Å²) < 4.78 is 13.5. The number of carbonyl (C=O) groups excluding carboxylic acids is 1. The van der Waals surface area contributed by atoms with Crippen LogP contribution >= 0.6 is 0 Å². The van der Waals surface area contributed by atoms with Gasteiger partial charge in [-0.3, -0.25) is 0 Å². The van der Waals surface area contributed by atoms with E-state index in [1.807, 2.05) is 6.92 Å². The lowest BCUT2D eigenvalue weighted by molar-refractivity contribution is 0.240. The lowest BCUT2D eigenvalue weighted by Crippen LogP contribution is -2.35. The molecular weight excluding hydrogens is 245 g/mol. The molecule has 0 aliphatic heterocycles. The van der Waals surface area contributed by atoms with Crippen LogP contribution in [0.3, 0.4) is 0 Å². The monoisotopic (exact) mass is 263 g/mol. The minimum Gasteiger partial charge on any atom is -0.338 e. The highest BCUT2D eigenvalue weighted by Gasteiger charge is 2.05. The SMILES string of the molecule is CCCNC(=O)NCc1cc(C#CCN)ccc1F. The number of hydrogen-bond donors (Lipinski definition) is 3. The molecule has 5 heteroatoms. The standard InChI is InChI=1S/C14H18FN3O/c1-2-8-17-14(19)18-10-12-9-11(4-3-7-16)5-6-13(12)15/h5-6,9H,2,7-8,10,16H2,1H3,(H2,17,18,19). The van der Waals surface area contributed by atoms with E-state index < -0.39 is 0 Å². The lowest BCUT2D eigenvalue weighted by atomic mass is 10.1. The molecule has 1 aromatic rings. The first-order valence-electron chi connectivity index (χ1n) is 6.16. The van der Waals surface area contributed by atoms with Crippen LogP contribution in [0.1, 0.15) is 24.5 Å². The Balaban J connectivity index is 2.64. The lowest BCUT2D eigenvalue weighted by Gasteiger charge is -2.08. The first-order valence-corrected chi connectivity index (χ1v) is 6.16. The summed E-state index contributed by atoms with van der Waals surface area (Å²) in [6.07, 6.45) is 0.853. The molecule has 4 N–H and O–H groups in total. The Morgan fingerprint density at radius 3 is 2.89 bits per heavy atom. The van der Waals surface area contributed by atoms with Crippen LogP contribution in [0.15, 0.2) is 18.2 Å². The maximum Gasteiger partial charge on any atom is 0.315 e. The molecule has 0 spiro atoms. The minimum absolute atomic E-state index is 0.125. The van der Waals surface area contributed by atoms with Crippen molar-refractivity contribution in [3.8, 4) is 11.8 Å². The van der Waals surface area contributed by atoms with E-state index in [0.717, 1.165) is 6.42 Å². The Morgan fingerprint density at radius 2 is 2.21 bits per heavy atom. The van der Waals surface area contributed by atoms with Gasteiger partial charge in [-0.15, -0.1) is 0 Å². The van der Waals surface area contributed by atoms with Crippen LogP contribution in [0.4, 0.5) is 9.18 Å². The molecule has 102 valence electrons. The van der Waals surface area contributed by atoms with Gasteiger partial charge in [0.1, 0.15) is 5.82 Å². The van der Waals surface area contributed by atoms with Crippen molar-refractivity contribution in [1.82, 2.24) is 10.6 Å². The van der Waals surface area contributed by atoms with Crippen LogP contribution in [0.25, 0.3) is 0 Å². The minimum atomic E-state index is -0.367. The quantitative estimate of drug-likeness (QED) is 0.718. The predicted octanol–water partition coefficient (Wildman–Crippen LogP) is 1.35. The number of benzene rings is 1. The van der Waals surface area contributed by atoms with Gasteiger partial charge < -0.3 is 16.4 Å². The smallest absolute Gasteiger partial charge is 0.315 e. The third-order valence-electron chi connectivity index (χ3n) is 2.36. The molecule has 0 aliphatic rings. The number of urea groups is 1. The third kappa shape index (κ3) is 5.40. The molecule has 0 saturated heterocycles. The second-order valence-corrected chi connectivity index (χ2v) is 3.92. The zero-order valence-electron chi connectivity index (χ0n) is 10.9. The summed E-state index contributed by atoms with van der Waals surface area (Å²) >= 11 is 0. The van der Waals surface area contributed by atoms with Crippen molar-refractivity contribution < 1.29 is 9.18 Å². The number of halogens is 1. The fourth-order valence-corrected chi connectivity index (χ4v) is 1.42. The van der Waals surface area contributed by atoms with Gasteiger partial charge in [-0.1, -0.05) is 18.8 Å². The van der Waals surface area contributed by atoms with Gasteiger partial charge in [0, 0.05) is 24.2 Å². The van der Waals surface area contributed by atoms with E-state index in [9.17, 15) is 9.18 Å². The summed E-state index contributed by atoms with van der Waals surface area (Å²) in [4.78, 5) is 11.4. The fourth-order valence-electron chi connectivity index (χ4n) is 1.42. The average Bonchev–Trinajstić information content (AvgIpc) is 2.42. The summed E-state index contributed by atoms with van der Waals surface area (Å²) in [5.41, 5.74) is 6.35. The molecule has 0 heterocycles. The van der Waals surface area contributed by atoms with Crippen molar-refractivity contribution in [2.24, 2.45) is 5.73 Å². The Labute approximate surface area is 112 Å². The first-order chi connectivity index (χ1) is 9.17. The number of nitrogens with two attached hydrogens (primary N) is 1. The number of carbonyl (C=O) groups is 1.